The zero-order valence-corrected chi connectivity index (χ0v) is 14.7. The summed E-state index contributed by atoms with van der Waals surface area (Å²) in [7, 11) is 0. The van der Waals surface area contributed by atoms with Crippen LogP contribution < -0.4 is 16.0 Å². The van der Waals surface area contributed by atoms with Gasteiger partial charge in [-0.25, -0.2) is 5.43 Å². The molecular formula is C14H16Br2N4O. The minimum absolute atomic E-state index is 0.273. The second-order valence-corrected chi connectivity index (χ2v) is 6.19. The van der Waals surface area contributed by atoms with Gasteiger partial charge in [0.1, 0.15) is 5.75 Å². The van der Waals surface area contributed by atoms with Gasteiger partial charge in [0.2, 0.25) is 0 Å². The van der Waals surface area contributed by atoms with Crippen molar-refractivity contribution in [1.29, 1.82) is 0 Å². The van der Waals surface area contributed by atoms with Crippen molar-refractivity contribution in [3.8, 4) is 5.75 Å². The molecule has 7 heteroatoms. The fourth-order valence-corrected chi connectivity index (χ4v) is 3.08. The second kappa shape index (κ2) is 7.84. The van der Waals surface area contributed by atoms with Crippen LogP contribution in [0.3, 0.4) is 0 Å². The molecular weight excluding hydrogens is 400 g/mol. The van der Waals surface area contributed by atoms with Gasteiger partial charge in [0.05, 0.1) is 24.5 Å². The number of hydrogen-bond donors (Lipinski definition) is 2. The Morgan fingerprint density at radius 2 is 2.10 bits per heavy atom. The van der Waals surface area contributed by atoms with E-state index in [0.29, 0.717) is 6.61 Å². The van der Waals surface area contributed by atoms with Gasteiger partial charge in [-0.15, -0.1) is 0 Å². The molecule has 0 radical (unpaired) electrons. The maximum Gasteiger partial charge on any atom is 0.137 e. The van der Waals surface area contributed by atoms with E-state index in [4.69, 9.17) is 10.6 Å². The smallest absolute Gasteiger partial charge is 0.137 e. The Hall–Kier alpha value is -1.02. The molecule has 21 heavy (non-hydrogen) atoms. The molecule has 112 valence electrons. The topological polar surface area (TPSA) is 73.1 Å². The highest BCUT2D eigenvalue weighted by Crippen LogP contribution is 2.29. The van der Waals surface area contributed by atoms with Gasteiger partial charge in [-0.3, -0.25) is 15.8 Å². The van der Waals surface area contributed by atoms with Crippen LogP contribution in [-0.2, 0) is 0 Å². The molecule has 5 nitrogen and oxygen atoms in total. The minimum Gasteiger partial charge on any atom is -0.492 e. The number of rotatable bonds is 6. The Morgan fingerprint density at radius 1 is 1.29 bits per heavy atom. The Labute approximate surface area is 140 Å². The van der Waals surface area contributed by atoms with Gasteiger partial charge in [-0.05, 0) is 56.0 Å². The average Bonchev–Trinajstić information content (AvgIpc) is 2.48. The van der Waals surface area contributed by atoms with Crippen molar-refractivity contribution >= 4 is 31.9 Å². The Balaban J connectivity index is 2.32. The lowest BCUT2D eigenvalue weighted by molar-refractivity contribution is 0.315. The van der Waals surface area contributed by atoms with Crippen LogP contribution in [-0.4, -0.2) is 16.6 Å². The first-order chi connectivity index (χ1) is 10.2. The molecule has 0 aliphatic rings. The lowest BCUT2D eigenvalue weighted by Gasteiger charge is -2.18. The van der Waals surface area contributed by atoms with Crippen LogP contribution in [0.2, 0.25) is 0 Å². The van der Waals surface area contributed by atoms with Crippen LogP contribution in [0, 0.1) is 0 Å². The molecule has 0 aliphatic carbocycles. The third-order valence-corrected chi connectivity index (χ3v) is 3.89. The number of halogens is 2. The van der Waals surface area contributed by atoms with E-state index in [1.165, 1.54) is 0 Å². The van der Waals surface area contributed by atoms with E-state index in [-0.39, 0.29) is 6.04 Å². The van der Waals surface area contributed by atoms with Crippen LogP contribution in [0.15, 0.2) is 39.7 Å². The maximum atomic E-state index is 5.70. The first-order valence-electron chi connectivity index (χ1n) is 6.50. The number of nitrogens with zero attached hydrogens (tertiary/aromatic N) is 2. The molecule has 0 spiro atoms. The molecule has 1 unspecified atom stereocenters. The third kappa shape index (κ3) is 4.23. The highest BCUT2D eigenvalue weighted by atomic mass is 79.9. The molecule has 2 aromatic heterocycles. The van der Waals surface area contributed by atoms with Crippen molar-refractivity contribution in [1.82, 2.24) is 15.4 Å². The number of nitrogens with two attached hydrogens (primary N) is 1. The van der Waals surface area contributed by atoms with E-state index in [9.17, 15) is 0 Å². The van der Waals surface area contributed by atoms with Crippen LogP contribution >= 0.6 is 31.9 Å². The van der Waals surface area contributed by atoms with Gasteiger partial charge in [-0.1, -0.05) is 6.92 Å². The summed E-state index contributed by atoms with van der Waals surface area (Å²) in [5.74, 6) is 6.43. The molecule has 2 heterocycles. The third-order valence-electron chi connectivity index (χ3n) is 2.82. The molecule has 2 aromatic rings. The quantitative estimate of drug-likeness (QED) is 0.559. The average molecular weight is 416 g/mol. The molecule has 0 fully saturated rings. The number of hydrogen-bond acceptors (Lipinski definition) is 5. The molecule has 0 bridgehead atoms. The van der Waals surface area contributed by atoms with Crippen LogP contribution in [0.5, 0.6) is 5.75 Å². The first kappa shape index (κ1) is 16.4. The van der Waals surface area contributed by atoms with E-state index in [0.717, 1.165) is 32.4 Å². The van der Waals surface area contributed by atoms with Crippen molar-refractivity contribution in [2.45, 2.75) is 19.4 Å². The van der Waals surface area contributed by atoms with Crippen molar-refractivity contribution in [2.24, 2.45) is 5.84 Å². The van der Waals surface area contributed by atoms with Crippen molar-refractivity contribution in [3.63, 3.8) is 0 Å². The number of pyridine rings is 2. The number of ether oxygens (including phenoxy) is 1. The van der Waals surface area contributed by atoms with Crippen molar-refractivity contribution in [2.75, 3.05) is 6.61 Å². The van der Waals surface area contributed by atoms with Gasteiger partial charge in [0.15, 0.2) is 0 Å². The highest BCUT2D eigenvalue weighted by molar-refractivity contribution is 9.11. The van der Waals surface area contributed by atoms with Crippen LogP contribution in [0.4, 0.5) is 0 Å². The van der Waals surface area contributed by atoms with E-state index < -0.39 is 0 Å². The van der Waals surface area contributed by atoms with Gasteiger partial charge in [0, 0.05) is 21.3 Å². The summed E-state index contributed by atoms with van der Waals surface area (Å²) < 4.78 is 7.36. The van der Waals surface area contributed by atoms with Gasteiger partial charge in [0.25, 0.3) is 0 Å². The molecule has 0 amide bonds. The zero-order valence-electron chi connectivity index (χ0n) is 11.5. The lowest BCUT2D eigenvalue weighted by Crippen LogP contribution is -2.30. The Kier molecular flexibility index (Phi) is 6.10. The molecule has 0 aromatic carbocycles. The SMILES string of the molecule is CCCOc1cncc(C(NN)c2ncc(Br)cc2Br)c1. The molecule has 0 saturated heterocycles. The van der Waals surface area contributed by atoms with Gasteiger partial charge in [-0.2, -0.15) is 0 Å². The number of nitrogens with one attached hydrogen (secondary N) is 1. The Morgan fingerprint density at radius 3 is 2.76 bits per heavy atom. The largest absolute Gasteiger partial charge is 0.492 e. The zero-order chi connectivity index (χ0) is 15.2. The molecule has 3 N–H and O–H groups in total. The lowest BCUT2D eigenvalue weighted by atomic mass is 10.1. The molecule has 0 aliphatic heterocycles. The summed E-state index contributed by atoms with van der Waals surface area (Å²) in [5, 5.41) is 0. The van der Waals surface area contributed by atoms with E-state index in [2.05, 4.69) is 54.2 Å². The van der Waals surface area contributed by atoms with E-state index in [1.807, 2.05) is 12.1 Å². The number of hydrazine groups is 1. The fourth-order valence-electron chi connectivity index (χ4n) is 1.86. The summed E-state index contributed by atoms with van der Waals surface area (Å²) in [6, 6.07) is 3.58. The summed E-state index contributed by atoms with van der Waals surface area (Å²) in [4.78, 5) is 8.62. The van der Waals surface area contributed by atoms with Crippen molar-refractivity contribution < 1.29 is 4.74 Å². The highest BCUT2D eigenvalue weighted by Gasteiger charge is 2.18. The molecule has 1 atom stereocenters. The van der Waals surface area contributed by atoms with E-state index >= 15 is 0 Å². The van der Waals surface area contributed by atoms with Gasteiger partial charge >= 0.3 is 0 Å². The Bertz CT molecular complexity index is 609. The standard InChI is InChI=1S/C14H16Br2N4O/c1-2-3-21-11-4-9(6-18-8-11)13(20-17)14-12(16)5-10(15)7-19-14/h4-8,13,20H,2-3,17H2,1H3. The first-order valence-corrected chi connectivity index (χ1v) is 8.09. The normalized spacial score (nSPS) is 12.2. The predicted octanol–water partition coefficient (Wildman–Crippen LogP) is 3.34. The van der Waals surface area contributed by atoms with Gasteiger partial charge < -0.3 is 4.74 Å². The summed E-state index contributed by atoms with van der Waals surface area (Å²) in [6.07, 6.45) is 6.12. The summed E-state index contributed by atoms with van der Waals surface area (Å²) in [5.41, 5.74) is 4.45. The monoisotopic (exact) mass is 414 g/mol. The maximum absolute atomic E-state index is 5.70. The molecule has 0 saturated carbocycles. The summed E-state index contributed by atoms with van der Waals surface area (Å²) in [6.45, 7) is 2.72. The van der Waals surface area contributed by atoms with Crippen molar-refractivity contribution in [3.05, 3.63) is 50.9 Å². The second-order valence-electron chi connectivity index (χ2n) is 4.42. The summed E-state index contributed by atoms with van der Waals surface area (Å²) >= 11 is 6.89. The fraction of sp³-hybridized carbons (Fsp3) is 0.286. The van der Waals surface area contributed by atoms with Crippen LogP contribution in [0.1, 0.15) is 30.6 Å². The minimum atomic E-state index is -0.273. The van der Waals surface area contributed by atoms with Crippen LogP contribution in [0.25, 0.3) is 0 Å². The van der Waals surface area contributed by atoms with E-state index in [1.54, 1.807) is 18.6 Å². The molecule has 2 rings (SSSR count). The number of aromatic nitrogens is 2. The predicted molar refractivity (Wildman–Crippen MR) is 88.8 cm³/mol.